The van der Waals surface area contributed by atoms with E-state index < -0.39 is 0 Å². The summed E-state index contributed by atoms with van der Waals surface area (Å²) in [5.41, 5.74) is 4.86. The van der Waals surface area contributed by atoms with Crippen LogP contribution in [0, 0.1) is 19.8 Å². The van der Waals surface area contributed by atoms with Crippen molar-refractivity contribution in [3.8, 4) is 0 Å². The topological polar surface area (TPSA) is 37.4 Å². The van der Waals surface area contributed by atoms with E-state index in [0.717, 1.165) is 21.6 Å². The highest BCUT2D eigenvalue weighted by molar-refractivity contribution is 9.10. The lowest BCUT2D eigenvalue weighted by Crippen LogP contribution is -2.35. The van der Waals surface area contributed by atoms with Crippen molar-refractivity contribution in [2.24, 2.45) is 5.92 Å². The largest absolute Gasteiger partial charge is 0.310 e. The molecule has 0 heterocycles. The summed E-state index contributed by atoms with van der Waals surface area (Å²) in [7, 11) is 0. The van der Waals surface area contributed by atoms with Crippen LogP contribution in [-0.4, -0.2) is 17.2 Å². The summed E-state index contributed by atoms with van der Waals surface area (Å²) >= 11 is 11.6. The van der Waals surface area contributed by atoms with Crippen molar-refractivity contribution in [1.29, 1.82) is 0 Å². The zero-order valence-corrected chi connectivity index (χ0v) is 23.7. The van der Waals surface area contributed by atoms with Crippen LogP contribution in [-0.2, 0) is 16.0 Å². The molecule has 0 saturated heterocycles. The van der Waals surface area contributed by atoms with Crippen LogP contribution in [0.25, 0.3) is 0 Å². The first-order chi connectivity index (χ1) is 14.3. The van der Waals surface area contributed by atoms with Gasteiger partial charge >= 0.3 is 0 Å². The molecular formula is C25H34Br2ClNO2. The highest BCUT2D eigenvalue weighted by atomic mass is 79.9. The fraction of sp³-hybridized carbons (Fsp3) is 0.440. The molecule has 0 saturated carbocycles. The molecule has 0 bridgehead atoms. The lowest BCUT2D eigenvalue weighted by molar-refractivity contribution is -0.117. The molecule has 6 heteroatoms. The van der Waals surface area contributed by atoms with Crippen molar-refractivity contribution in [2.45, 2.75) is 67.9 Å². The van der Waals surface area contributed by atoms with Crippen LogP contribution in [0.15, 0.2) is 45.3 Å². The van der Waals surface area contributed by atoms with Crippen LogP contribution < -0.4 is 4.90 Å². The third-order valence-corrected chi connectivity index (χ3v) is 5.92. The summed E-state index contributed by atoms with van der Waals surface area (Å²) in [6.45, 7) is 15.6. The maximum absolute atomic E-state index is 11.5. The monoisotopic (exact) mass is 573 g/mol. The highest BCUT2D eigenvalue weighted by Gasteiger charge is 2.15. The van der Waals surface area contributed by atoms with Gasteiger partial charge in [0.25, 0.3) is 0 Å². The van der Waals surface area contributed by atoms with Gasteiger partial charge in [0.15, 0.2) is 0 Å². The van der Waals surface area contributed by atoms with E-state index in [0.29, 0.717) is 0 Å². The second-order valence-electron chi connectivity index (χ2n) is 8.07. The Morgan fingerprint density at radius 3 is 1.71 bits per heavy atom. The van der Waals surface area contributed by atoms with E-state index in [1.54, 1.807) is 11.8 Å². The van der Waals surface area contributed by atoms with Gasteiger partial charge in [-0.05, 0) is 92.6 Å². The summed E-state index contributed by atoms with van der Waals surface area (Å²) in [5.74, 6) is 0.817. The van der Waals surface area contributed by atoms with Gasteiger partial charge in [-0.3, -0.25) is 9.59 Å². The van der Waals surface area contributed by atoms with Gasteiger partial charge in [-0.1, -0.05) is 57.8 Å². The average Bonchev–Trinajstić information content (AvgIpc) is 2.60. The number of anilines is 1. The smallest absolute Gasteiger partial charge is 0.224 e. The Morgan fingerprint density at radius 1 is 0.903 bits per heavy atom. The van der Waals surface area contributed by atoms with Crippen LogP contribution in [0.5, 0.6) is 0 Å². The first-order valence-electron chi connectivity index (χ1n) is 10.2. The molecule has 0 fully saturated rings. The number of halogens is 3. The molecule has 2 aromatic carbocycles. The Bertz CT molecular complexity index is 863. The van der Waals surface area contributed by atoms with Gasteiger partial charge in [0.2, 0.25) is 11.1 Å². The lowest BCUT2D eigenvalue weighted by atomic mass is 10.0. The van der Waals surface area contributed by atoms with E-state index in [1.165, 1.54) is 28.9 Å². The Hall–Kier alpha value is -1.17. The van der Waals surface area contributed by atoms with Gasteiger partial charge in [-0.15, -0.1) is 0 Å². The molecule has 172 valence electrons. The predicted molar refractivity (Wildman–Crippen MR) is 141 cm³/mol. The minimum Gasteiger partial charge on any atom is -0.310 e. The SMILES string of the molecule is CC(=O)Cl.CC(=O)N(c1ccc(Br)c(C)c1)C(C)C.Cc1cc(CC(C)C)ccc1Br. The Kier molecular flexibility index (Phi) is 14.3. The fourth-order valence-electron chi connectivity index (χ4n) is 2.93. The third kappa shape index (κ3) is 12.4. The quantitative estimate of drug-likeness (QED) is 0.344. The van der Waals surface area contributed by atoms with E-state index in [2.05, 4.69) is 82.4 Å². The summed E-state index contributed by atoms with van der Waals surface area (Å²) in [6.07, 6.45) is 1.17. The highest BCUT2D eigenvalue weighted by Crippen LogP contribution is 2.24. The van der Waals surface area contributed by atoms with Crippen LogP contribution >= 0.6 is 43.5 Å². The molecule has 2 rings (SSSR count). The number of nitrogens with zero attached hydrogens (tertiary/aromatic N) is 1. The van der Waals surface area contributed by atoms with Crippen molar-refractivity contribution < 1.29 is 9.59 Å². The Morgan fingerprint density at radius 2 is 1.35 bits per heavy atom. The van der Waals surface area contributed by atoms with Crippen LogP contribution in [0.3, 0.4) is 0 Å². The maximum atomic E-state index is 11.5. The third-order valence-electron chi connectivity index (χ3n) is 4.14. The number of carbonyl (C=O) groups is 2. The van der Waals surface area contributed by atoms with Crippen molar-refractivity contribution in [1.82, 2.24) is 0 Å². The molecule has 0 radical (unpaired) electrons. The van der Waals surface area contributed by atoms with Crippen molar-refractivity contribution >= 4 is 60.3 Å². The minimum absolute atomic E-state index is 0.0757. The molecule has 2 aromatic rings. The first kappa shape index (κ1) is 29.8. The van der Waals surface area contributed by atoms with Gasteiger partial charge in [0.1, 0.15) is 0 Å². The van der Waals surface area contributed by atoms with Gasteiger partial charge in [-0.25, -0.2) is 0 Å². The molecule has 0 atom stereocenters. The van der Waals surface area contributed by atoms with Gasteiger partial charge in [-0.2, -0.15) is 0 Å². The van der Waals surface area contributed by atoms with Crippen LogP contribution in [0.1, 0.15) is 58.2 Å². The molecule has 0 spiro atoms. The summed E-state index contributed by atoms with van der Waals surface area (Å²) in [4.78, 5) is 22.5. The van der Waals surface area contributed by atoms with Gasteiger partial charge < -0.3 is 4.90 Å². The molecule has 31 heavy (non-hydrogen) atoms. The molecule has 0 aliphatic carbocycles. The number of amides is 1. The van der Waals surface area contributed by atoms with E-state index >= 15 is 0 Å². The summed E-state index contributed by atoms with van der Waals surface area (Å²) in [6, 6.07) is 12.7. The van der Waals surface area contributed by atoms with Crippen LogP contribution in [0.4, 0.5) is 5.69 Å². The average molecular weight is 576 g/mol. The van der Waals surface area contributed by atoms with Crippen LogP contribution in [0.2, 0.25) is 0 Å². The fourth-order valence-corrected chi connectivity index (χ4v) is 3.42. The molecule has 0 aromatic heterocycles. The second kappa shape index (κ2) is 14.8. The zero-order valence-electron chi connectivity index (χ0n) is 19.7. The summed E-state index contributed by atoms with van der Waals surface area (Å²) < 4.78 is 2.27. The van der Waals surface area contributed by atoms with Gasteiger partial charge in [0, 0.05) is 34.5 Å². The number of hydrogen-bond donors (Lipinski definition) is 0. The molecule has 1 amide bonds. The Balaban J connectivity index is 0.000000504. The van der Waals surface area contributed by atoms with Crippen molar-refractivity contribution in [3.63, 3.8) is 0 Å². The predicted octanol–water partition coefficient (Wildman–Crippen LogP) is 8.25. The molecule has 0 aliphatic rings. The summed E-state index contributed by atoms with van der Waals surface area (Å²) in [5, 5.41) is -0.361. The van der Waals surface area contributed by atoms with Crippen molar-refractivity contribution in [2.75, 3.05) is 4.90 Å². The normalized spacial score (nSPS) is 10.1. The first-order valence-corrected chi connectivity index (χ1v) is 12.2. The molecule has 3 nitrogen and oxygen atoms in total. The molecule has 0 unspecified atom stereocenters. The lowest BCUT2D eigenvalue weighted by Gasteiger charge is -2.25. The number of hydrogen-bond acceptors (Lipinski definition) is 2. The van der Waals surface area contributed by atoms with E-state index in [9.17, 15) is 9.59 Å². The molecule has 0 N–H and O–H groups in total. The maximum Gasteiger partial charge on any atom is 0.224 e. The molecular weight excluding hydrogens is 542 g/mol. The van der Waals surface area contributed by atoms with Gasteiger partial charge in [0.05, 0.1) is 0 Å². The number of benzene rings is 2. The number of carbonyl (C=O) groups excluding carboxylic acids is 2. The van der Waals surface area contributed by atoms with E-state index in [-0.39, 0.29) is 17.2 Å². The number of rotatable bonds is 4. The molecule has 0 aliphatic heterocycles. The van der Waals surface area contributed by atoms with Crippen molar-refractivity contribution in [3.05, 3.63) is 62.0 Å². The second-order valence-corrected chi connectivity index (χ2v) is 10.3. The minimum atomic E-state index is -0.361. The Labute approximate surface area is 209 Å². The van der Waals surface area contributed by atoms with E-state index in [4.69, 9.17) is 0 Å². The van der Waals surface area contributed by atoms with E-state index in [1.807, 2.05) is 39.0 Å². The zero-order chi connectivity index (χ0) is 24.3. The standard InChI is InChI=1S/C12H16BrNO.C11H15Br.C2H3ClO/c1-8(2)14(10(4)15)11-5-6-12(13)9(3)7-11;1-8(2)6-10-4-5-11(12)9(3)7-10;1-2(3)4/h5-8H,1-4H3;4-5,7-8H,6H2,1-3H3;1H3. The number of aryl methyl sites for hydroxylation is 2.